The molecule has 1 unspecified atom stereocenters. The molecule has 0 saturated carbocycles. The van der Waals surface area contributed by atoms with Gasteiger partial charge in [0, 0.05) is 35.4 Å². The van der Waals surface area contributed by atoms with Crippen molar-refractivity contribution in [2.24, 2.45) is 0 Å². The van der Waals surface area contributed by atoms with E-state index >= 15 is 0 Å². The van der Waals surface area contributed by atoms with E-state index in [0.29, 0.717) is 11.3 Å². The summed E-state index contributed by atoms with van der Waals surface area (Å²) in [6.07, 6.45) is -5.80. The molecular formula is C21H20BrF3N4O4S. The van der Waals surface area contributed by atoms with Crippen LogP contribution in [-0.4, -0.2) is 59.6 Å². The molecule has 8 nitrogen and oxygen atoms in total. The third-order valence-electron chi connectivity index (χ3n) is 5.36. The van der Waals surface area contributed by atoms with Crippen molar-refractivity contribution in [3.63, 3.8) is 0 Å². The highest BCUT2D eigenvalue weighted by Gasteiger charge is 2.38. The number of aliphatic hydroxyl groups is 1. The fraction of sp³-hybridized carbons (Fsp3) is 0.333. The van der Waals surface area contributed by atoms with Gasteiger partial charge in [-0.25, -0.2) is 8.42 Å². The molecule has 4 rings (SSSR count). The predicted octanol–water partition coefficient (Wildman–Crippen LogP) is 3.53. The van der Waals surface area contributed by atoms with Crippen molar-refractivity contribution in [1.29, 1.82) is 0 Å². The van der Waals surface area contributed by atoms with Crippen LogP contribution in [0.25, 0.3) is 11.5 Å². The topological polar surface area (TPSA) is 99.8 Å². The maximum Gasteiger partial charge on any atom is 0.470 e. The van der Waals surface area contributed by atoms with Gasteiger partial charge in [0.2, 0.25) is 5.89 Å². The molecule has 34 heavy (non-hydrogen) atoms. The number of aliphatic hydroxyl groups excluding tert-OH is 1. The summed E-state index contributed by atoms with van der Waals surface area (Å²) in [4.78, 5) is 3.41. The van der Waals surface area contributed by atoms with Crippen molar-refractivity contribution < 1.29 is 31.1 Å². The summed E-state index contributed by atoms with van der Waals surface area (Å²) in [5.41, 5.74) is 1.79. The molecule has 1 aliphatic rings. The maximum absolute atomic E-state index is 12.7. The van der Waals surface area contributed by atoms with E-state index in [1.54, 1.807) is 34.1 Å². The Balaban J connectivity index is 1.55. The van der Waals surface area contributed by atoms with Crippen LogP contribution < -0.4 is 4.90 Å². The molecule has 0 aliphatic carbocycles. The summed E-state index contributed by atoms with van der Waals surface area (Å²) >= 11 is 3.38. The smallest absolute Gasteiger partial charge is 0.413 e. The normalized spacial score (nSPS) is 17.4. The van der Waals surface area contributed by atoms with Crippen LogP contribution in [0.5, 0.6) is 0 Å². The van der Waals surface area contributed by atoms with Crippen LogP contribution in [0.4, 0.5) is 18.9 Å². The highest BCUT2D eigenvalue weighted by molar-refractivity contribution is 9.10. The molecule has 1 saturated heterocycles. The van der Waals surface area contributed by atoms with E-state index in [-0.39, 0.29) is 37.0 Å². The first-order valence-corrected chi connectivity index (χ1v) is 12.8. The van der Waals surface area contributed by atoms with Crippen molar-refractivity contribution in [1.82, 2.24) is 15.1 Å². The van der Waals surface area contributed by atoms with Gasteiger partial charge in [-0.1, -0.05) is 28.1 Å². The van der Waals surface area contributed by atoms with Gasteiger partial charge in [0.1, 0.15) is 0 Å². The Hall–Kier alpha value is -2.48. The van der Waals surface area contributed by atoms with Gasteiger partial charge in [0.25, 0.3) is 0 Å². The van der Waals surface area contributed by atoms with E-state index in [0.717, 1.165) is 10.0 Å². The highest BCUT2D eigenvalue weighted by Crippen LogP contribution is 2.31. The number of hydrogen-bond donors (Lipinski definition) is 1. The van der Waals surface area contributed by atoms with Crippen LogP contribution in [0.3, 0.4) is 0 Å². The van der Waals surface area contributed by atoms with E-state index in [1.807, 2.05) is 24.3 Å². The summed E-state index contributed by atoms with van der Waals surface area (Å²) in [5, 5.41) is 17.6. The summed E-state index contributed by atoms with van der Waals surface area (Å²) in [5.74, 6) is -1.73. The molecule has 182 valence electrons. The first kappa shape index (κ1) is 24.6. The lowest BCUT2D eigenvalue weighted by molar-refractivity contribution is -0.156. The van der Waals surface area contributed by atoms with Crippen LogP contribution in [0.2, 0.25) is 0 Å². The lowest BCUT2D eigenvalue weighted by Gasteiger charge is -2.39. The Bertz CT molecular complexity index is 1220. The number of aromatic nitrogens is 2. The Morgan fingerprint density at radius 3 is 2.24 bits per heavy atom. The van der Waals surface area contributed by atoms with E-state index in [2.05, 4.69) is 26.1 Å². The van der Waals surface area contributed by atoms with Crippen molar-refractivity contribution in [3.05, 3.63) is 64.5 Å². The second-order valence-corrected chi connectivity index (χ2v) is 11.0. The van der Waals surface area contributed by atoms with Gasteiger partial charge in [0.15, 0.2) is 16.2 Å². The van der Waals surface area contributed by atoms with Gasteiger partial charge >= 0.3 is 12.1 Å². The molecule has 1 fully saturated rings. The fourth-order valence-electron chi connectivity index (χ4n) is 3.50. The zero-order chi connectivity index (χ0) is 24.5. The first-order chi connectivity index (χ1) is 16.0. The molecule has 0 amide bonds. The molecule has 0 spiro atoms. The summed E-state index contributed by atoms with van der Waals surface area (Å²) in [6.45, 7) is 0.659. The molecule has 1 N–H and O–H groups in total. The lowest BCUT2D eigenvalue weighted by Crippen LogP contribution is -2.53. The van der Waals surface area contributed by atoms with E-state index < -0.39 is 28.3 Å². The number of alkyl halides is 3. The van der Waals surface area contributed by atoms with Gasteiger partial charge in [-0.3, -0.25) is 4.90 Å². The van der Waals surface area contributed by atoms with Crippen molar-refractivity contribution in [2.75, 3.05) is 29.5 Å². The minimum atomic E-state index is -4.72. The van der Waals surface area contributed by atoms with Crippen LogP contribution in [0.15, 0.2) is 57.4 Å². The van der Waals surface area contributed by atoms with Gasteiger partial charge in [-0.2, -0.15) is 13.2 Å². The van der Waals surface area contributed by atoms with Gasteiger partial charge in [-0.05, 0) is 42.0 Å². The Labute approximate surface area is 202 Å². The van der Waals surface area contributed by atoms with Gasteiger partial charge < -0.3 is 14.4 Å². The van der Waals surface area contributed by atoms with Gasteiger partial charge in [0.05, 0.1) is 11.5 Å². The Morgan fingerprint density at radius 2 is 1.68 bits per heavy atom. The number of rotatable bonds is 6. The average Bonchev–Trinajstić information content (AvgIpc) is 3.29. The molecular weight excluding hydrogens is 541 g/mol. The third kappa shape index (κ3) is 5.77. The van der Waals surface area contributed by atoms with Crippen LogP contribution in [-0.2, 0) is 22.6 Å². The van der Waals surface area contributed by atoms with E-state index in [4.69, 9.17) is 4.42 Å². The van der Waals surface area contributed by atoms with Crippen molar-refractivity contribution >= 4 is 31.5 Å². The van der Waals surface area contributed by atoms with Crippen molar-refractivity contribution in [3.8, 4) is 11.5 Å². The lowest BCUT2D eigenvalue weighted by atomic mass is 10.1. The van der Waals surface area contributed by atoms with Crippen LogP contribution in [0.1, 0.15) is 11.5 Å². The molecule has 2 aromatic carbocycles. The van der Waals surface area contributed by atoms with Crippen molar-refractivity contribution in [2.45, 2.75) is 19.1 Å². The molecule has 0 radical (unpaired) electrons. The molecule has 3 aromatic rings. The molecule has 1 aliphatic heterocycles. The van der Waals surface area contributed by atoms with Crippen LogP contribution >= 0.6 is 15.9 Å². The second kappa shape index (κ2) is 9.64. The number of benzene rings is 2. The number of sulfone groups is 1. The number of halogens is 4. The molecule has 2 heterocycles. The Kier molecular flexibility index (Phi) is 6.99. The van der Waals surface area contributed by atoms with Gasteiger partial charge in [-0.15, -0.1) is 10.2 Å². The fourth-order valence-corrected chi connectivity index (χ4v) is 4.99. The third-order valence-corrected chi connectivity index (χ3v) is 7.50. The van der Waals surface area contributed by atoms with Crippen LogP contribution in [0, 0.1) is 0 Å². The zero-order valence-corrected chi connectivity index (χ0v) is 20.0. The molecule has 1 aromatic heterocycles. The number of hydrogen-bond acceptors (Lipinski definition) is 8. The average molecular weight is 561 g/mol. The molecule has 1 atom stereocenters. The SMILES string of the molecule is O=S1(=O)CCN(C(O)N(Cc2ccc(-c3nnc(C(F)(F)F)o3)cc2)c2ccc(Br)cc2)CC1. The second-order valence-electron chi connectivity index (χ2n) is 7.75. The molecule has 0 bridgehead atoms. The number of nitrogens with zero attached hydrogens (tertiary/aromatic N) is 4. The highest BCUT2D eigenvalue weighted by atomic mass is 79.9. The minimum Gasteiger partial charge on any atom is -0.413 e. The summed E-state index contributed by atoms with van der Waals surface area (Å²) < 4.78 is 67.3. The van der Waals surface area contributed by atoms with E-state index in [9.17, 15) is 26.7 Å². The summed E-state index contributed by atoms with van der Waals surface area (Å²) in [6, 6.07) is 13.8. The minimum absolute atomic E-state index is 0.0307. The number of anilines is 1. The summed E-state index contributed by atoms with van der Waals surface area (Å²) in [7, 11) is -3.11. The maximum atomic E-state index is 12.7. The van der Waals surface area contributed by atoms with E-state index in [1.165, 1.54) is 0 Å². The quantitative estimate of drug-likeness (QED) is 0.457. The Morgan fingerprint density at radius 1 is 1.06 bits per heavy atom. The zero-order valence-electron chi connectivity index (χ0n) is 17.6. The predicted molar refractivity (Wildman–Crippen MR) is 121 cm³/mol. The monoisotopic (exact) mass is 560 g/mol. The largest absolute Gasteiger partial charge is 0.470 e. The molecule has 13 heteroatoms. The first-order valence-electron chi connectivity index (χ1n) is 10.2. The standard InChI is InChI=1S/C21H20BrF3N4O4S/c22-16-5-7-17(8-6-16)29(20(30)28-9-11-34(31,32)12-10-28)13-14-1-3-15(4-2-14)18-26-27-19(33-18)21(23,24)25/h1-8,20,30H,9-13H2.